The summed E-state index contributed by atoms with van der Waals surface area (Å²) in [5.74, 6) is 0.337. The average molecular weight is 348 g/mol. The maximum atomic E-state index is 11.7. The first-order chi connectivity index (χ1) is 9.72. The van der Waals surface area contributed by atoms with E-state index < -0.39 is 0 Å². The number of hydrogen-bond acceptors (Lipinski definition) is 5. The van der Waals surface area contributed by atoms with Gasteiger partial charge in [0.2, 0.25) is 5.75 Å². The molecule has 7 nitrogen and oxygen atoms in total. The average Bonchev–Trinajstić information content (AvgIpc) is 2.49. The summed E-state index contributed by atoms with van der Waals surface area (Å²) in [6.07, 6.45) is 4.47. The van der Waals surface area contributed by atoms with E-state index >= 15 is 0 Å². The Labute approximate surface area is 137 Å². The summed E-state index contributed by atoms with van der Waals surface area (Å²) in [6.45, 7) is 0. The quantitative estimate of drug-likeness (QED) is 0.506. The molecule has 1 aromatic carbocycles. The maximum Gasteiger partial charge on any atom is 2.00 e. The van der Waals surface area contributed by atoms with E-state index in [1.165, 1.54) is 25.7 Å². The van der Waals surface area contributed by atoms with Crippen molar-refractivity contribution >= 4 is 12.1 Å². The van der Waals surface area contributed by atoms with Crippen LogP contribution in [-0.2, 0) is 16.8 Å². The van der Waals surface area contributed by atoms with E-state index in [1.54, 1.807) is 30.3 Å². The maximum absolute atomic E-state index is 11.7. The summed E-state index contributed by atoms with van der Waals surface area (Å²) in [5.41, 5.74) is 3.41. The van der Waals surface area contributed by atoms with Gasteiger partial charge in [0.25, 0.3) is 5.91 Å². The van der Waals surface area contributed by atoms with Gasteiger partial charge in [-0.1, -0.05) is 6.07 Å². The van der Waals surface area contributed by atoms with Gasteiger partial charge < -0.3 is 15.3 Å². The molecule has 0 aliphatic carbocycles. The number of carbonyl (C=O) groups is 1. The summed E-state index contributed by atoms with van der Waals surface area (Å²) in [5, 5.41) is 11.7. The molecule has 1 aromatic heterocycles. The molecule has 1 amide bonds. The van der Waals surface area contributed by atoms with Crippen LogP contribution in [0.25, 0.3) is 0 Å². The number of hydrazone groups is 1. The third kappa shape index (κ3) is 4.84. The fourth-order valence-corrected chi connectivity index (χ4v) is 1.55. The Balaban J connectivity index is 0.00000220. The summed E-state index contributed by atoms with van der Waals surface area (Å²) < 4.78 is 5.04. The van der Waals surface area contributed by atoms with Gasteiger partial charge in [0.15, 0.2) is 0 Å². The molecule has 0 bridgehead atoms. The van der Waals surface area contributed by atoms with E-state index in [1.807, 2.05) is 0 Å². The predicted molar refractivity (Wildman–Crippen MR) is 77.3 cm³/mol. The summed E-state index contributed by atoms with van der Waals surface area (Å²) in [4.78, 5) is 15.5. The van der Waals surface area contributed by atoms with Gasteiger partial charge in [-0.25, -0.2) is 5.43 Å². The van der Waals surface area contributed by atoms with Crippen LogP contribution in [0.5, 0.6) is 11.5 Å². The van der Waals surface area contributed by atoms with Crippen molar-refractivity contribution in [3.8, 4) is 11.5 Å². The molecule has 1 radical (unpaired) electrons. The fraction of sp³-hybridized carbons (Fsp3) is 0.0714. The number of carbonyl (C=O) groups excluding carboxylic acids is 1. The Morgan fingerprint density at radius 2 is 2.00 bits per heavy atom. The van der Waals surface area contributed by atoms with Crippen LogP contribution in [0.4, 0.5) is 0 Å². The van der Waals surface area contributed by atoms with E-state index in [-0.39, 0.29) is 33.9 Å². The number of rotatable bonds is 4. The zero-order valence-electron chi connectivity index (χ0n) is 11.6. The second-order valence-corrected chi connectivity index (χ2v) is 3.86. The molecule has 0 aliphatic rings. The third-order valence-corrected chi connectivity index (χ3v) is 2.59. The standard InChI is InChI=1S/C14H13N3O3.Co.H2O/c1-20-12-4-2-3-11(13(12)18)9-16-17-14(19)10-5-7-15-8-6-10;;/h2-9,18H,1H3,(H,17,19);;1H2/q;+2;. The molecule has 2 rings (SSSR count). The molecular formula is C14H15CoN3O4+2. The van der Waals surface area contributed by atoms with Gasteiger partial charge in [-0.15, -0.1) is 0 Å². The largest absolute Gasteiger partial charge is 2.00 e. The van der Waals surface area contributed by atoms with Crippen LogP contribution < -0.4 is 10.2 Å². The normalized spacial score (nSPS) is 9.50. The first kappa shape index (κ1) is 19.6. The number of nitrogens with zero attached hydrogens (tertiary/aromatic N) is 2. The van der Waals surface area contributed by atoms with Crippen molar-refractivity contribution in [1.82, 2.24) is 10.4 Å². The van der Waals surface area contributed by atoms with Gasteiger partial charge in [-0.05, 0) is 24.3 Å². The second kappa shape index (κ2) is 9.50. The molecule has 1 heterocycles. The number of para-hydroxylation sites is 1. The Kier molecular flexibility index (Phi) is 8.45. The second-order valence-electron chi connectivity index (χ2n) is 3.86. The number of methoxy groups -OCH3 is 1. The fourth-order valence-electron chi connectivity index (χ4n) is 1.55. The predicted octanol–water partition coefficient (Wildman–Crippen LogP) is 1.11. The van der Waals surface area contributed by atoms with E-state index in [2.05, 4.69) is 15.5 Å². The summed E-state index contributed by atoms with van der Waals surface area (Å²) in [7, 11) is 1.50. The molecule has 2 aromatic rings. The van der Waals surface area contributed by atoms with Crippen LogP contribution in [0, 0.1) is 0 Å². The zero-order valence-corrected chi connectivity index (χ0v) is 12.7. The molecular weight excluding hydrogens is 333 g/mol. The number of benzene rings is 1. The first-order valence-electron chi connectivity index (χ1n) is 5.84. The molecule has 0 unspecified atom stereocenters. The Morgan fingerprint density at radius 1 is 1.32 bits per heavy atom. The number of amides is 1. The number of nitrogens with one attached hydrogen (secondary N) is 1. The van der Waals surface area contributed by atoms with Crippen LogP contribution in [0.2, 0.25) is 0 Å². The van der Waals surface area contributed by atoms with E-state index in [0.29, 0.717) is 16.9 Å². The number of aromatic nitrogens is 1. The smallest absolute Gasteiger partial charge is 0.870 e. The minimum atomic E-state index is -0.335. The van der Waals surface area contributed by atoms with Crippen molar-refractivity contribution in [2.75, 3.05) is 7.11 Å². The SMILES string of the molecule is COc1cccc(C=NNC(=O)c2ccncc2)c1[OH2+].[Co+2].[OH-]. The Bertz CT molecular complexity index is 635. The van der Waals surface area contributed by atoms with Gasteiger partial charge in [-0.2, -0.15) is 5.10 Å². The molecule has 0 saturated heterocycles. The van der Waals surface area contributed by atoms with Gasteiger partial charge in [-0.3, -0.25) is 9.78 Å². The van der Waals surface area contributed by atoms with Crippen LogP contribution >= 0.6 is 0 Å². The van der Waals surface area contributed by atoms with Gasteiger partial charge in [0, 0.05) is 18.0 Å². The van der Waals surface area contributed by atoms with Crippen molar-refractivity contribution in [1.29, 1.82) is 0 Å². The Morgan fingerprint density at radius 3 is 2.64 bits per heavy atom. The van der Waals surface area contributed by atoms with Crippen LogP contribution in [0.3, 0.4) is 0 Å². The molecule has 8 heteroatoms. The molecule has 0 fully saturated rings. The van der Waals surface area contributed by atoms with Crippen LogP contribution in [0.15, 0.2) is 47.8 Å². The van der Waals surface area contributed by atoms with Crippen LogP contribution in [-0.4, -0.2) is 34.8 Å². The topological polar surface area (TPSA) is 116 Å². The molecule has 0 aliphatic heterocycles. The van der Waals surface area contributed by atoms with Gasteiger partial charge in [0.1, 0.15) is 0 Å². The van der Waals surface area contributed by atoms with Crippen LogP contribution in [0.1, 0.15) is 15.9 Å². The number of pyridine rings is 1. The minimum absolute atomic E-state index is 0. The van der Waals surface area contributed by atoms with Gasteiger partial charge in [0.05, 0.1) is 18.9 Å². The van der Waals surface area contributed by atoms with E-state index in [9.17, 15) is 4.79 Å². The third-order valence-electron chi connectivity index (χ3n) is 2.59. The van der Waals surface area contributed by atoms with E-state index in [0.717, 1.165) is 0 Å². The zero-order chi connectivity index (χ0) is 14.4. The minimum Gasteiger partial charge on any atom is -0.870 e. The molecule has 22 heavy (non-hydrogen) atoms. The van der Waals surface area contributed by atoms with Crippen molar-refractivity contribution in [2.45, 2.75) is 0 Å². The molecule has 4 N–H and O–H groups in total. The van der Waals surface area contributed by atoms with Crippen molar-refractivity contribution in [2.24, 2.45) is 5.10 Å². The summed E-state index contributed by atoms with van der Waals surface area (Å²) >= 11 is 0. The molecule has 0 saturated carbocycles. The van der Waals surface area contributed by atoms with Crippen molar-refractivity contribution < 1.29 is 36.9 Å². The Hall–Kier alpha value is -2.42. The van der Waals surface area contributed by atoms with E-state index in [4.69, 9.17) is 9.84 Å². The van der Waals surface area contributed by atoms with Crippen molar-refractivity contribution in [3.63, 3.8) is 0 Å². The summed E-state index contributed by atoms with van der Waals surface area (Å²) in [6, 6.07) is 8.34. The molecule has 117 valence electrons. The first-order valence-corrected chi connectivity index (χ1v) is 5.84. The van der Waals surface area contributed by atoms with Crippen molar-refractivity contribution in [3.05, 3.63) is 53.9 Å². The van der Waals surface area contributed by atoms with Gasteiger partial charge >= 0.3 is 22.5 Å². The number of hydrogen-bond donors (Lipinski definition) is 1. The monoisotopic (exact) mass is 348 g/mol. The molecule has 0 spiro atoms. The number of ether oxygens (including phenoxy) is 1. The molecule has 0 atom stereocenters.